The first-order valence-corrected chi connectivity index (χ1v) is 11.1. The number of carbonyl (C=O) groups is 1. The van der Waals surface area contributed by atoms with Crippen molar-refractivity contribution in [3.05, 3.63) is 85.1 Å². The minimum Gasteiger partial charge on any atom is -0.368 e. The van der Waals surface area contributed by atoms with E-state index in [1.807, 2.05) is 12.1 Å². The highest BCUT2D eigenvalue weighted by Crippen LogP contribution is 2.34. The van der Waals surface area contributed by atoms with E-state index in [0.717, 1.165) is 3.97 Å². The maximum absolute atomic E-state index is 14.1. The summed E-state index contributed by atoms with van der Waals surface area (Å²) in [7, 11) is -3.95. The van der Waals surface area contributed by atoms with Crippen LogP contribution in [-0.2, 0) is 21.4 Å². The van der Waals surface area contributed by atoms with E-state index < -0.39 is 21.7 Å². The molecule has 7 nitrogen and oxygen atoms in total. The van der Waals surface area contributed by atoms with Gasteiger partial charge in [-0.2, -0.15) is 0 Å². The summed E-state index contributed by atoms with van der Waals surface area (Å²) in [5, 5.41) is 0.575. The molecule has 0 aliphatic carbocycles. The molecule has 0 aliphatic heterocycles. The number of imidazole rings is 1. The lowest BCUT2D eigenvalue weighted by molar-refractivity contribution is -0.118. The molecular weight excluding hydrogens is 431 g/mol. The van der Waals surface area contributed by atoms with Crippen molar-refractivity contribution in [3.8, 4) is 11.1 Å². The number of nitrogens with zero attached hydrogens (tertiary/aromatic N) is 3. The van der Waals surface area contributed by atoms with Crippen LogP contribution in [0, 0.1) is 5.82 Å². The van der Waals surface area contributed by atoms with E-state index in [9.17, 15) is 17.6 Å². The summed E-state index contributed by atoms with van der Waals surface area (Å²) in [5.74, 6) is -1.04. The number of carbonyl (C=O) groups excluding carboxylic acids is 1. The SMILES string of the molecule is NC(=O)Cn1cnc2ccc(-c3cn(S(=O)(=O)c4ccccc4)c4cc(F)ccc34)cc21. The van der Waals surface area contributed by atoms with Gasteiger partial charge >= 0.3 is 0 Å². The van der Waals surface area contributed by atoms with Crippen LogP contribution in [0.5, 0.6) is 0 Å². The predicted molar refractivity (Wildman–Crippen MR) is 119 cm³/mol. The zero-order chi connectivity index (χ0) is 22.5. The molecule has 0 aliphatic rings. The summed E-state index contributed by atoms with van der Waals surface area (Å²) in [4.78, 5) is 15.8. The first-order chi connectivity index (χ1) is 15.3. The molecule has 0 atom stereocenters. The van der Waals surface area contributed by atoms with E-state index >= 15 is 0 Å². The Balaban J connectivity index is 1.75. The van der Waals surface area contributed by atoms with Gasteiger partial charge in [-0.05, 0) is 48.0 Å². The van der Waals surface area contributed by atoms with Gasteiger partial charge in [0.25, 0.3) is 10.0 Å². The Morgan fingerprint density at radius 2 is 1.78 bits per heavy atom. The van der Waals surface area contributed by atoms with E-state index in [1.54, 1.807) is 34.9 Å². The molecular formula is C23H17FN4O3S. The lowest BCUT2D eigenvalue weighted by atomic mass is 10.0. The molecule has 5 rings (SSSR count). The van der Waals surface area contributed by atoms with Crippen molar-refractivity contribution in [2.75, 3.05) is 0 Å². The molecule has 2 aromatic heterocycles. The number of aromatic nitrogens is 3. The molecule has 0 bridgehead atoms. The third-order valence-corrected chi connectivity index (χ3v) is 6.98. The van der Waals surface area contributed by atoms with E-state index in [4.69, 9.17) is 5.73 Å². The Bertz CT molecular complexity index is 1600. The topological polar surface area (TPSA) is 100.0 Å². The van der Waals surface area contributed by atoms with Crippen LogP contribution in [0.4, 0.5) is 4.39 Å². The van der Waals surface area contributed by atoms with Gasteiger partial charge in [-0.25, -0.2) is 21.8 Å². The normalized spacial score (nSPS) is 11.9. The Morgan fingerprint density at radius 3 is 2.53 bits per heavy atom. The number of primary amides is 1. The maximum atomic E-state index is 14.1. The standard InChI is InChI=1S/C23H17FN4O3S/c24-16-7-8-18-19(15-6-9-20-22(10-15)27(14-26-20)13-23(25)29)12-28(21(18)11-16)32(30,31)17-4-2-1-3-5-17/h1-12,14H,13H2,(H2,25,29). The predicted octanol–water partition coefficient (Wildman–Crippen LogP) is 3.52. The van der Waals surface area contributed by atoms with Gasteiger partial charge in [-0.15, -0.1) is 0 Å². The first kappa shape index (κ1) is 20.0. The third-order valence-electron chi connectivity index (χ3n) is 5.29. The summed E-state index contributed by atoms with van der Waals surface area (Å²) >= 11 is 0. The van der Waals surface area contributed by atoms with Crippen molar-refractivity contribution in [2.24, 2.45) is 5.73 Å². The molecule has 0 saturated heterocycles. The van der Waals surface area contributed by atoms with Crippen molar-refractivity contribution < 1.29 is 17.6 Å². The van der Waals surface area contributed by atoms with E-state index in [2.05, 4.69) is 4.98 Å². The third kappa shape index (κ3) is 3.23. The number of nitrogens with two attached hydrogens (primary N) is 1. The fraction of sp³-hybridized carbons (Fsp3) is 0.0435. The number of benzene rings is 3. The molecule has 0 unspecified atom stereocenters. The van der Waals surface area contributed by atoms with Crippen LogP contribution in [0.25, 0.3) is 33.1 Å². The van der Waals surface area contributed by atoms with Gasteiger partial charge in [0.2, 0.25) is 5.91 Å². The largest absolute Gasteiger partial charge is 0.368 e. The Morgan fingerprint density at radius 1 is 1.00 bits per heavy atom. The fourth-order valence-corrected chi connectivity index (χ4v) is 5.21. The van der Waals surface area contributed by atoms with E-state index in [0.29, 0.717) is 27.5 Å². The van der Waals surface area contributed by atoms with Crippen molar-refractivity contribution in [1.82, 2.24) is 13.5 Å². The van der Waals surface area contributed by atoms with Gasteiger partial charge in [0.1, 0.15) is 12.4 Å². The number of hydrogen-bond acceptors (Lipinski definition) is 4. The summed E-state index contributed by atoms with van der Waals surface area (Å²) in [5.41, 5.74) is 8.20. The van der Waals surface area contributed by atoms with Gasteiger partial charge in [0.05, 0.1) is 27.8 Å². The van der Waals surface area contributed by atoms with Gasteiger partial charge in [0, 0.05) is 17.1 Å². The van der Waals surface area contributed by atoms with Crippen molar-refractivity contribution in [1.29, 1.82) is 0 Å². The van der Waals surface area contributed by atoms with Crippen LogP contribution in [0.15, 0.2) is 84.1 Å². The monoisotopic (exact) mass is 448 g/mol. The van der Waals surface area contributed by atoms with Crippen molar-refractivity contribution in [3.63, 3.8) is 0 Å². The Kier molecular flexibility index (Phi) is 4.56. The Labute approximate surface area is 182 Å². The highest BCUT2D eigenvalue weighted by molar-refractivity contribution is 7.90. The second kappa shape index (κ2) is 7.31. The second-order valence-electron chi connectivity index (χ2n) is 7.36. The molecule has 0 spiro atoms. The quantitative estimate of drug-likeness (QED) is 0.445. The number of halogens is 1. The smallest absolute Gasteiger partial charge is 0.268 e. The molecule has 0 radical (unpaired) electrons. The summed E-state index contributed by atoms with van der Waals surface area (Å²) < 4.78 is 43.5. The van der Waals surface area contributed by atoms with E-state index in [-0.39, 0.29) is 17.0 Å². The minimum atomic E-state index is -3.95. The molecule has 3 aromatic carbocycles. The zero-order valence-electron chi connectivity index (χ0n) is 16.6. The van der Waals surface area contributed by atoms with Crippen LogP contribution in [-0.4, -0.2) is 27.8 Å². The summed E-state index contributed by atoms with van der Waals surface area (Å²) in [6, 6.07) is 17.4. The first-order valence-electron chi connectivity index (χ1n) is 9.69. The minimum absolute atomic E-state index is 0.0324. The van der Waals surface area contributed by atoms with Crippen LogP contribution >= 0.6 is 0 Å². The molecule has 32 heavy (non-hydrogen) atoms. The van der Waals surface area contributed by atoms with Gasteiger partial charge < -0.3 is 10.3 Å². The molecule has 1 amide bonds. The van der Waals surface area contributed by atoms with Crippen LogP contribution in [0.2, 0.25) is 0 Å². The molecule has 0 saturated carbocycles. The Hall–Kier alpha value is -3.98. The maximum Gasteiger partial charge on any atom is 0.268 e. The zero-order valence-corrected chi connectivity index (χ0v) is 17.5. The van der Waals surface area contributed by atoms with Crippen LogP contribution in [0.1, 0.15) is 0 Å². The molecule has 2 heterocycles. The second-order valence-corrected chi connectivity index (χ2v) is 9.18. The lowest BCUT2D eigenvalue weighted by Crippen LogP contribution is -2.17. The molecule has 2 N–H and O–H groups in total. The lowest BCUT2D eigenvalue weighted by Gasteiger charge is -2.07. The number of amides is 1. The number of fused-ring (bicyclic) bond motifs is 2. The molecule has 5 aromatic rings. The van der Waals surface area contributed by atoms with Gasteiger partial charge in [-0.3, -0.25) is 4.79 Å². The highest BCUT2D eigenvalue weighted by Gasteiger charge is 2.22. The van der Waals surface area contributed by atoms with Gasteiger partial charge in [-0.1, -0.05) is 24.3 Å². The summed E-state index contributed by atoms with van der Waals surface area (Å²) in [6.45, 7) is -0.0324. The van der Waals surface area contributed by atoms with Crippen LogP contribution in [0.3, 0.4) is 0 Å². The van der Waals surface area contributed by atoms with Crippen molar-refractivity contribution in [2.45, 2.75) is 11.4 Å². The van der Waals surface area contributed by atoms with Crippen molar-refractivity contribution >= 4 is 37.9 Å². The highest BCUT2D eigenvalue weighted by atomic mass is 32.2. The van der Waals surface area contributed by atoms with E-state index in [1.165, 1.54) is 36.8 Å². The molecule has 0 fully saturated rings. The molecule has 9 heteroatoms. The summed E-state index contributed by atoms with van der Waals surface area (Å²) in [6.07, 6.45) is 3.01. The fourth-order valence-electron chi connectivity index (χ4n) is 3.82. The van der Waals surface area contributed by atoms with Gasteiger partial charge in [0.15, 0.2) is 0 Å². The average molecular weight is 448 g/mol. The number of hydrogen-bond donors (Lipinski definition) is 1. The number of rotatable bonds is 5. The van der Waals surface area contributed by atoms with Crippen LogP contribution < -0.4 is 5.73 Å². The average Bonchev–Trinajstić information content (AvgIpc) is 3.35. The molecule has 160 valence electrons.